The lowest BCUT2D eigenvalue weighted by molar-refractivity contribution is -0.101. The van der Waals surface area contributed by atoms with E-state index in [1.807, 2.05) is 18.6 Å². The number of nitrogens with zero attached hydrogens (tertiary/aromatic N) is 3. The molecule has 4 aliphatic carbocycles. The van der Waals surface area contributed by atoms with Gasteiger partial charge in [-0.1, -0.05) is 6.92 Å². The van der Waals surface area contributed by atoms with Gasteiger partial charge in [-0.15, -0.1) is 0 Å². The molecule has 5 aliphatic rings. The molecule has 33 heavy (non-hydrogen) atoms. The summed E-state index contributed by atoms with van der Waals surface area (Å²) in [5, 5.41) is 16.4. The largest absolute Gasteiger partial charge is 0.390 e. The highest BCUT2D eigenvalue weighted by molar-refractivity contribution is 5.77. The fraction of sp³-hybridized carbons (Fsp3) is 0.786. The first-order valence-corrected chi connectivity index (χ1v) is 13.6. The van der Waals surface area contributed by atoms with E-state index in [1.54, 1.807) is 0 Å². The van der Waals surface area contributed by atoms with Crippen molar-refractivity contribution in [3.63, 3.8) is 0 Å². The maximum Gasteiger partial charge on any atom is 0.104 e. The van der Waals surface area contributed by atoms with Crippen molar-refractivity contribution in [2.75, 3.05) is 0 Å². The number of aliphatic hydroxyl groups is 1. The Bertz CT molecular complexity index is 1050. The summed E-state index contributed by atoms with van der Waals surface area (Å²) < 4.78 is 8.50. The Morgan fingerprint density at radius 1 is 1.00 bits per heavy atom. The number of ether oxygens (including phenoxy) is 1. The first-order chi connectivity index (χ1) is 15.9. The molecule has 2 aromatic rings. The summed E-state index contributed by atoms with van der Waals surface area (Å²) in [5.74, 6) is 5.06. The summed E-state index contributed by atoms with van der Waals surface area (Å²) in [6.07, 6.45) is 18.0. The standard InChI is InChI=1S/C28H39N3O2/c1-27(32)10-7-19-17(13-27)3-4-21-20(19)8-11-28(2)22(21)5-6-23(28)26-25(33-26)16-31-24-9-12-29-14-18(24)15-30-31/h9,12,14-15,17,19-23,25-26,32H,3-8,10-11,13,16H2,1-2H3/t17-,19+,20-,21-,22+,23-,25-,26?,27-,28+/m1/s1. The van der Waals surface area contributed by atoms with Crippen LogP contribution in [-0.4, -0.2) is 37.7 Å². The molecule has 0 spiro atoms. The molecule has 5 nitrogen and oxygen atoms in total. The fourth-order valence-electron chi connectivity index (χ4n) is 9.56. The highest BCUT2D eigenvalue weighted by atomic mass is 16.6. The van der Waals surface area contributed by atoms with E-state index in [4.69, 9.17) is 4.74 Å². The molecule has 4 saturated carbocycles. The second kappa shape index (κ2) is 7.27. The highest BCUT2D eigenvalue weighted by Gasteiger charge is 2.62. The van der Waals surface area contributed by atoms with Crippen LogP contribution in [-0.2, 0) is 11.3 Å². The van der Waals surface area contributed by atoms with Crippen molar-refractivity contribution in [3.8, 4) is 0 Å². The number of fused-ring (bicyclic) bond motifs is 6. The summed E-state index contributed by atoms with van der Waals surface area (Å²) >= 11 is 0. The first kappa shape index (κ1) is 20.9. The van der Waals surface area contributed by atoms with Crippen LogP contribution in [0.15, 0.2) is 24.7 Å². The normalized spacial score (nSPS) is 48.8. The monoisotopic (exact) mass is 449 g/mol. The van der Waals surface area contributed by atoms with Crippen LogP contribution in [0.5, 0.6) is 0 Å². The van der Waals surface area contributed by atoms with Gasteiger partial charge >= 0.3 is 0 Å². The van der Waals surface area contributed by atoms with E-state index < -0.39 is 5.60 Å². The van der Waals surface area contributed by atoms with E-state index in [9.17, 15) is 5.11 Å². The molecule has 1 N–H and O–H groups in total. The predicted molar refractivity (Wildman–Crippen MR) is 127 cm³/mol. The third kappa shape index (κ3) is 3.25. The van der Waals surface area contributed by atoms with Crippen LogP contribution < -0.4 is 0 Å². The van der Waals surface area contributed by atoms with Gasteiger partial charge in [0.05, 0.1) is 30.0 Å². The van der Waals surface area contributed by atoms with Crippen molar-refractivity contribution in [3.05, 3.63) is 24.7 Å². The van der Waals surface area contributed by atoms with Crippen molar-refractivity contribution in [1.82, 2.24) is 14.8 Å². The lowest BCUT2D eigenvalue weighted by Gasteiger charge is -2.57. The predicted octanol–water partition coefficient (Wildman–Crippen LogP) is 5.22. The molecule has 2 aromatic heterocycles. The number of hydrogen-bond donors (Lipinski definition) is 1. The SMILES string of the molecule is C[C@@]1(O)CC[C@H]2[C@H](CC[C@@H]3[C@@H]2CC[C@]2(C)[C@@H](C4O[C@@H]4Cn4ncc5cnccc54)CC[C@@H]32)C1. The molecule has 7 rings (SSSR count). The lowest BCUT2D eigenvalue weighted by Crippen LogP contribution is -2.50. The topological polar surface area (TPSA) is 63.5 Å². The van der Waals surface area contributed by atoms with Crippen LogP contribution in [0.4, 0.5) is 0 Å². The van der Waals surface area contributed by atoms with Gasteiger partial charge in [0.25, 0.3) is 0 Å². The second-order valence-electron chi connectivity index (χ2n) is 12.8. The van der Waals surface area contributed by atoms with E-state index in [2.05, 4.69) is 34.7 Å². The molecule has 178 valence electrons. The zero-order chi connectivity index (χ0) is 22.4. The van der Waals surface area contributed by atoms with Crippen molar-refractivity contribution in [1.29, 1.82) is 0 Å². The number of epoxide rings is 1. The van der Waals surface area contributed by atoms with Gasteiger partial charge in [-0.2, -0.15) is 5.10 Å². The smallest absolute Gasteiger partial charge is 0.104 e. The van der Waals surface area contributed by atoms with Gasteiger partial charge in [0.15, 0.2) is 0 Å². The van der Waals surface area contributed by atoms with Gasteiger partial charge in [0.2, 0.25) is 0 Å². The van der Waals surface area contributed by atoms with Crippen molar-refractivity contribution in [2.24, 2.45) is 40.9 Å². The summed E-state index contributed by atoms with van der Waals surface area (Å²) in [6.45, 7) is 5.56. The Morgan fingerprint density at radius 3 is 2.76 bits per heavy atom. The molecule has 0 bridgehead atoms. The Morgan fingerprint density at radius 2 is 1.85 bits per heavy atom. The minimum atomic E-state index is -0.412. The third-order valence-electron chi connectivity index (χ3n) is 11.1. The summed E-state index contributed by atoms with van der Waals surface area (Å²) in [7, 11) is 0. The van der Waals surface area contributed by atoms with Gasteiger partial charge in [-0.25, -0.2) is 0 Å². The zero-order valence-electron chi connectivity index (χ0n) is 20.2. The van der Waals surface area contributed by atoms with Crippen LogP contribution >= 0.6 is 0 Å². The van der Waals surface area contributed by atoms with E-state index in [0.29, 0.717) is 23.5 Å². The van der Waals surface area contributed by atoms with Crippen LogP contribution in [0.2, 0.25) is 0 Å². The van der Waals surface area contributed by atoms with Gasteiger partial charge in [-0.05, 0) is 112 Å². The maximum absolute atomic E-state index is 10.7. The molecule has 0 amide bonds. The minimum Gasteiger partial charge on any atom is -0.390 e. The molecular formula is C28H39N3O2. The van der Waals surface area contributed by atoms with Crippen molar-refractivity contribution in [2.45, 2.75) is 96.0 Å². The fourth-order valence-corrected chi connectivity index (χ4v) is 9.56. The molecule has 5 heteroatoms. The molecule has 5 fully saturated rings. The van der Waals surface area contributed by atoms with Crippen LogP contribution in [0.3, 0.4) is 0 Å². The Hall–Kier alpha value is -1.46. The van der Waals surface area contributed by atoms with Gasteiger partial charge in [0, 0.05) is 17.8 Å². The lowest BCUT2D eigenvalue weighted by atomic mass is 9.49. The molecule has 1 aliphatic heterocycles. The minimum absolute atomic E-state index is 0.316. The Kier molecular flexibility index (Phi) is 4.60. The van der Waals surface area contributed by atoms with E-state index in [0.717, 1.165) is 54.4 Å². The van der Waals surface area contributed by atoms with Gasteiger partial charge < -0.3 is 9.84 Å². The average molecular weight is 450 g/mol. The number of pyridine rings is 1. The maximum atomic E-state index is 10.7. The number of hydrogen-bond acceptors (Lipinski definition) is 4. The van der Waals surface area contributed by atoms with Crippen LogP contribution in [0.1, 0.15) is 71.6 Å². The second-order valence-corrected chi connectivity index (χ2v) is 12.8. The molecule has 10 atom stereocenters. The molecular weight excluding hydrogens is 410 g/mol. The van der Waals surface area contributed by atoms with E-state index in [-0.39, 0.29) is 0 Å². The molecule has 0 aromatic carbocycles. The Labute approximate surface area is 197 Å². The summed E-state index contributed by atoms with van der Waals surface area (Å²) in [6, 6.07) is 2.06. The summed E-state index contributed by atoms with van der Waals surface area (Å²) in [4.78, 5) is 4.22. The third-order valence-corrected chi connectivity index (χ3v) is 11.1. The number of aromatic nitrogens is 3. The molecule has 1 unspecified atom stereocenters. The number of rotatable bonds is 3. The van der Waals surface area contributed by atoms with Gasteiger partial charge in [0.1, 0.15) is 6.10 Å². The zero-order valence-corrected chi connectivity index (χ0v) is 20.2. The van der Waals surface area contributed by atoms with Crippen LogP contribution in [0.25, 0.3) is 10.9 Å². The molecule has 0 radical (unpaired) electrons. The van der Waals surface area contributed by atoms with E-state index in [1.165, 1.54) is 50.5 Å². The van der Waals surface area contributed by atoms with Crippen LogP contribution in [0, 0.1) is 40.9 Å². The van der Waals surface area contributed by atoms with Crippen molar-refractivity contribution >= 4 is 10.9 Å². The molecule has 3 heterocycles. The molecule has 1 saturated heterocycles. The van der Waals surface area contributed by atoms with Crippen molar-refractivity contribution < 1.29 is 9.84 Å². The van der Waals surface area contributed by atoms with E-state index >= 15 is 0 Å². The average Bonchev–Trinajstić information content (AvgIpc) is 3.27. The Balaban J connectivity index is 1.05. The summed E-state index contributed by atoms with van der Waals surface area (Å²) in [5.41, 5.74) is 1.20. The first-order valence-electron chi connectivity index (χ1n) is 13.6. The highest BCUT2D eigenvalue weighted by Crippen LogP contribution is 2.66. The van der Waals surface area contributed by atoms with Gasteiger partial charge in [-0.3, -0.25) is 9.67 Å². The quantitative estimate of drug-likeness (QED) is 0.653.